The van der Waals surface area contributed by atoms with Gasteiger partial charge in [0.1, 0.15) is 11.5 Å². The SMILES string of the molecule is CCS(=O)(=O)n1cc(-c2ccc(F)cc2)nn1. The van der Waals surface area contributed by atoms with Gasteiger partial charge in [-0.05, 0) is 31.2 Å². The molecule has 5 nitrogen and oxygen atoms in total. The lowest BCUT2D eigenvalue weighted by Crippen LogP contribution is -2.15. The topological polar surface area (TPSA) is 64.8 Å². The first-order valence-corrected chi connectivity index (χ1v) is 6.55. The highest BCUT2D eigenvalue weighted by molar-refractivity contribution is 7.89. The van der Waals surface area contributed by atoms with E-state index in [1.54, 1.807) is 0 Å². The van der Waals surface area contributed by atoms with Crippen molar-refractivity contribution in [3.8, 4) is 11.3 Å². The monoisotopic (exact) mass is 255 g/mol. The summed E-state index contributed by atoms with van der Waals surface area (Å²) >= 11 is 0. The van der Waals surface area contributed by atoms with Crippen molar-refractivity contribution in [2.75, 3.05) is 5.75 Å². The first kappa shape index (κ1) is 11.7. The molecule has 0 N–H and O–H groups in total. The number of hydrogen-bond acceptors (Lipinski definition) is 4. The van der Waals surface area contributed by atoms with Crippen LogP contribution in [0.2, 0.25) is 0 Å². The van der Waals surface area contributed by atoms with Crippen LogP contribution in [0.25, 0.3) is 11.3 Å². The fraction of sp³-hybridized carbons (Fsp3) is 0.200. The molecule has 0 bridgehead atoms. The Bertz CT molecular complexity index is 619. The maximum absolute atomic E-state index is 12.7. The molecular weight excluding hydrogens is 245 g/mol. The molecule has 0 aliphatic rings. The molecule has 0 radical (unpaired) electrons. The Balaban J connectivity index is 2.40. The van der Waals surface area contributed by atoms with Gasteiger partial charge in [-0.2, -0.15) is 0 Å². The van der Waals surface area contributed by atoms with Crippen molar-refractivity contribution in [3.63, 3.8) is 0 Å². The molecule has 0 atom stereocenters. The van der Waals surface area contributed by atoms with Crippen LogP contribution in [0.4, 0.5) is 4.39 Å². The average molecular weight is 255 g/mol. The Labute approximate surface area is 97.9 Å². The van der Waals surface area contributed by atoms with E-state index in [9.17, 15) is 12.8 Å². The minimum atomic E-state index is -3.42. The Morgan fingerprint density at radius 1 is 1.29 bits per heavy atom. The molecule has 90 valence electrons. The third-order valence-corrected chi connectivity index (χ3v) is 3.74. The van der Waals surface area contributed by atoms with E-state index < -0.39 is 10.0 Å². The second-order valence-corrected chi connectivity index (χ2v) is 5.50. The second-order valence-electron chi connectivity index (χ2n) is 3.38. The van der Waals surface area contributed by atoms with Crippen LogP contribution in [-0.4, -0.2) is 28.6 Å². The molecule has 0 aliphatic carbocycles. The van der Waals surface area contributed by atoms with Crippen LogP contribution >= 0.6 is 0 Å². The van der Waals surface area contributed by atoms with Crippen LogP contribution in [0, 0.1) is 5.82 Å². The third kappa shape index (κ3) is 2.33. The Morgan fingerprint density at radius 2 is 1.94 bits per heavy atom. The molecule has 0 saturated carbocycles. The Morgan fingerprint density at radius 3 is 2.53 bits per heavy atom. The molecule has 1 heterocycles. The van der Waals surface area contributed by atoms with Crippen molar-refractivity contribution in [1.82, 2.24) is 14.4 Å². The average Bonchev–Trinajstić information content (AvgIpc) is 2.80. The molecular formula is C10H10FN3O2S. The van der Waals surface area contributed by atoms with Crippen molar-refractivity contribution in [2.24, 2.45) is 0 Å². The zero-order chi connectivity index (χ0) is 12.5. The van der Waals surface area contributed by atoms with E-state index in [1.165, 1.54) is 37.4 Å². The van der Waals surface area contributed by atoms with Crippen molar-refractivity contribution in [1.29, 1.82) is 0 Å². The van der Waals surface area contributed by atoms with E-state index >= 15 is 0 Å². The summed E-state index contributed by atoms with van der Waals surface area (Å²) in [4.78, 5) is 0. The van der Waals surface area contributed by atoms with Crippen LogP contribution in [-0.2, 0) is 10.0 Å². The Hall–Kier alpha value is -1.76. The Kier molecular flexibility index (Phi) is 2.93. The maximum Gasteiger partial charge on any atom is 0.254 e. The van der Waals surface area contributed by atoms with Gasteiger partial charge in [-0.25, -0.2) is 12.8 Å². The first-order valence-electron chi connectivity index (χ1n) is 4.94. The molecule has 0 aliphatic heterocycles. The number of rotatable bonds is 3. The molecule has 7 heteroatoms. The van der Waals surface area contributed by atoms with Gasteiger partial charge in [-0.15, -0.1) is 9.19 Å². The molecule has 1 aromatic carbocycles. The van der Waals surface area contributed by atoms with Crippen molar-refractivity contribution in [3.05, 3.63) is 36.3 Å². The van der Waals surface area contributed by atoms with Gasteiger partial charge in [0.25, 0.3) is 10.0 Å². The standard InChI is InChI=1S/C10H10FN3O2S/c1-2-17(15,16)14-7-10(12-13-14)8-3-5-9(11)6-4-8/h3-7H,2H2,1H3. The lowest BCUT2D eigenvalue weighted by Gasteiger charge is -1.97. The fourth-order valence-electron chi connectivity index (χ4n) is 1.27. The number of aromatic nitrogens is 3. The summed E-state index contributed by atoms with van der Waals surface area (Å²) in [6.07, 6.45) is 1.31. The first-order chi connectivity index (χ1) is 8.03. The van der Waals surface area contributed by atoms with Crippen molar-refractivity contribution in [2.45, 2.75) is 6.92 Å². The van der Waals surface area contributed by atoms with Crippen LogP contribution in [0.5, 0.6) is 0 Å². The van der Waals surface area contributed by atoms with Crippen LogP contribution < -0.4 is 0 Å². The molecule has 0 fully saturated rings. The van der Waals surface area contributed by atoms with Gasteiger partial charge in [0.05, 0.1) is 11.9 Å². The summed E-state index contributed by atoms with van der Waals surface area (Å²) in [7, 11) is -3.42. The molecule has 0 amide bonds. The van der Waals surface area contributed by atoms with Gasteiger partial charge >= 0.3 is 0 Å². The predicted molar refractivity (Wildman–Crippen MR) is 60.3 cm³/mol. The van der Waals surface area contributed by atoms with E-state index in [-0.39, 0.29) is 11.6 Å². The van der Waals surface area contributed by atoms with Crippen LogP contribution in [0.15, 0.2) is 30.5 Å². The normalized spacial score (nSPS) is 11.6. The zero-order valence-corrected chi connectivity index (χ0v) is 9.85. The number of nitrogens with zero attached hydrogens (tertiary/aromatic N) is 3. The summed E-state index contributed by atoms with van der Waals surface area (Å²) in [5.41, 5.74) is 1.01. The van der Waals surface area contributed by atoms with Gasteiger partial charge in [0.2, 0.25) is 0 Å². The lowest BCUT2D eigenvalue weighted by atomic mass is 10.2. The number of benzene rings is 1. The quantitative estimate of drug-likeness (QED) is 0.828. The van der Waals surface area contributed by atoms with Gasteiger partial charge in [0, 0.05) is 5.56 Å². The molecule has 1 aromatic heterocycles. The second kappa shape index (κ2) is 4.25. The van der Waals surface area contributed by atoms with Gasteiger partial charge < -0.3 is 0 Å². The van der Waals surface area contributed by atoms with E-state index in [0.29, 0.717) is 11.3 Å². The highest BCUT2D eigenvalue weighted by Crippen LogP contribution is 2.16. The summed E-state index contributed by atoms with van der Waals surface area (Å²) in [6.45, 7) is 1.52. The molecule has 2 rings (SSSR count). The zero-order valence-electron chi connectivity index (χ0n) is 9.04. The minimum absolute atomic E-state index is 0.0563. The lowest BCUT2D eigenvalue weighted by molar-refractivity contribution is 0.578. The van der Waals surface area contributed by atoms with Gasteiger partial charge in [-0.3, -0.25) is 0 Å². The van der Waals surface area contributed by atoms with E-state index in [2.05, 4.69) is 10.3 Å². The third-order valence-electron chi connectivity index (χ3n) is 2.26. The fourth-order valence-corrected chi connectivity index (χ4v) is 1.94. The highest BCUT2D eigenvalue weighted by atomic mass is 32.2. The minimum Gasteiger partial charge on any atom is -0.207 e. The molecule has 0 unspecified atom stereocenters. The van der Waals surface area contributed by atoms with E-state index in [1.807, 2.05) is 0 Å². The molecule has 2 aromatic rings. The van der Waals surface area contributed by atoms with Gasteiger partial charge in [0.15, 0.2) is 0 Å². The number of halogens is 1. The van der Waals surface area contributed by atoms with E-state index in [4.69, 9.17) is 0 Å². The molecule has 0 spiro atoms. The highest BCUT2D eigenvalue weighted by Gasteiger charge is 2.13. The maximum atomic E-state index is 12.7. The smallest absolute Gasteiger partial charge is 0.207 e. The number of hydrogen-bond donors (Lipinski definition) is 0. The summed E-state index contributed by atoms with van der Waals surface area (Å²) in [5.74, 6) is -0.415. The van der Waals surface area contributed by atoms with Crippen LogP contribution in [0.3, 0.4) is 0 Å². The predicted octanol–water partition coefficient (Wildman–Crippen LogP) is 1.28. The largest absolute Gasteiger partial charge is 0.254 e. The summed E-state index contributed by atoms with van der Waals surface area (Å²) in [6, 6.07) is 5.59. The van der Waals surface area contributed by atoms with Crippen molar-refractivity contribution < 1.29 is 12.8 Å². The molecule has 0 saturated heterocycles. The molecule has 17 heavy (non-hydrogen) atoms. The van der Waals surface area contributed by atoms with E-state index in [0.717, 1.165) is 4.09 Å². The summed E-state index contributed by atoms with van der Waals surface area (Å²) < 4.78 is 36.5. The van der Waals surface area contributed by atoms with Crippen molar-refractivity contribution >= 4 is 10.0 Å². The van der Waals surface area contributed by atoms with Crippen LogP contribution in [0.1, 0.15) is 6.92 Å². The summed E-state index contributed by atoms with van der Waals surface area (Å²) in [5, 5.41) is 7.28. The van der Waals surface area contributed by atoms with Gasteiger partial charge in [-0.1, -0.05) is 5.21 Å².